The molecule has 0 saturated carbocycles. The van der Waals surface area contributed by atoms with E-state index in [1.165, 1.54) is 11.7 Å². The molecule has 4 N–H and O–H groups in total. The van der Waals surface area contributed by atoms with Crippen molar-refractivity contribution in [1.29, 1.82) is 0 Å². The summed E-state index contributed by atoms with van der Waals surface area (Å²) in [6.07, 6.45) is 0. The van der Waals surface area contributed by atoms with Gasteiger partial charge in [-0.25, -0.2) is 0 Å². The summed E-state index contributed by atoms with van der Waals surface area (Å²) in [5.74, 6) is 0. The average molecular weight is 242 g/mol. The first-order valence-electron chi connectivity index (χ1n) is 5.12. The highest BCUT2D eigenvalue weighted by Crippen LogP contribution is 2.27. The van der Waals surface area contributed by atoms with E-state index in [0.29, 0.717) is 11.4 Å². The molecule has 0 spiro atoms. The van der Waals surface area contributed by atoms with Crippen LogP contribution in [0.4, 0.5) is 11.4 Å². The molecule has 0 atom stereocenters. The highest BCUT2D eigenvalue weighted by molar-refractivity contribution is 7.00. The lowest BCUT2D eigenvalue weighted by Gasteiger charge is -2.05. The number of hydrogen-bond donors (Lipinski definition) is 2. The number of rotatable bonds is 1. The van der Waals surface area contributed by atoms with Crippen LogP contribution in [-0.2, 0) is 0 Å². The maximum atomic E-state index is 5.80. The molecule has 0 bridgehead atoms. The first-order chi connectivity index (χ1) is 8.24. The Balaban J connectivity index is 2.16. The van der Waals surface area contributed by atoms with Crippen molar-refractivity contribution in [2.45, 2.75) is 0 Å². The van der Waals surface area contributed by atoms with E-state index in [4.69, 9.17) is 11.5 Å². The Bertz CT molecular complexity index is 690. The summed E-state index contributed by atoms with van der Waals surface area (Å²) < 4.78 is 8.39. The van der Waals surface area contributed by atoms with Crippen LogP contribution in [0.25, 0.3) is 22.2 Å². The summed E-state index contributed by atoms with van der Waals surface area (Å²) in [5.41, 5.74) is 16.6. The summed E-state index contributed by atoms with van der Waals surface area (Å²) in [6, 6.07) is 11.6. The van der Waals surface area contributed by atoms with Crippen molar-refractivity contribution in [1.82, 2.24) is 8.75 Å². The monoisotopic (exact) mass is 242 g/mol. The summed E-state index contributed by atoms with van der Waals surface area (Å²) in [5, 5.41) is 0. The van der Waals surface area contributed by atoms with E-state index in [1.54, 1.807) is 0 Å². The van der Waals surface area contributed by atoms with Crippen LogP contribution in [0.3, 0.4) is 0 Å². The van der Waals surface area contributed by atoms with Gasteiger partial charge in [0.2, 0.25) is 0 Å². The second-order valence-corrected chi connectivity index (χ2v) is 4.34. The van der Waals surface area contributed by atoms with Crippen LogP contribution in [0.15, 0.2) is 36.4 Å². The minimum Gasteiger partial charge on any atom is -0.397 e. The van der Waals surface area contributed by atoms with Crippen LogP contribution < -0.4 is 11.5 Å². The molecule has 17 heavy (non-hydrogen) atoms. The molecule has 3 rings (SSSR count). The van der Waals surface area contributed by atoms with Gasteiger partial charge < -0.3 is 11.5 Å². The normalized spacial score (nSPS) is 10.8. The van der Waals surface area contributed by atoms with Crippen LogP contribution in [0.5, 0.6) is 0 Å². The largest absolute Gasteiger partial charge is 0.397 e. The number of nitrogens with zero attached hydrogens (tertiary/aromatic N) is 2. The first-order valence-corrected chi connectivity index (χ1v) is 5.85. The van der Waals surface area contributed by atoms with Crippen LogP contribution in [0.1, 0.15) is 0 Å². The lowest BCUT2D eigenvalue weighted by Crippen LogP contribution is -1.94. The Hall–Kier alpha value is -2.14. The molecule has 1 heterocycles. The molecule has 1 aromatic heterocycles. The summed E-state index contributed by atoms with van der Waals surface area (Å²) >= 11 is 1.22. The third-order valence-electron chi connectivity index (χ3n) is 2.67. The Morgan fingerprint density at radius 3 is 2.29 bits per heavy atom. The van der Waals surface area contributed by atoms with Gasteiger partial charge in [-0.1, -0.05) is 12.1 Å². The second kappa shape index (κ2) is 3.71. The number of nitrogens with two attached hydrogens (primary N) is 2. The fourth-order valence-electron chi connectivity index (χ4n) is 1.72. The molecular weight excluding hydrogens is 232 g/mol. The minimum absolute atomic E-state index is 0.596. The lowest BCUT2D eigenvalue weighted by atomic mass is 10.0. The maximum Gasteiger partial charge on any atom is 0.105 e. The molecule has 0 aliphatic rings. The molecule has 2 aromatic carbocycles. The van der Waals surface area contributed by atoms with Gasteiger partial charge >= 0.3 is 0 Å². The van der Waals surface area contributed by atoms with E-state index in [-0.39, 0.29) is 0 Å². The molecule has 0 amide bonds. The summed E-state index contributed by atoms with van der Waals surface area (Å²) in [6.45, 7) is 0. The smallest absolute Gasteiger partial charge is 0.105 e. The predicted octanol–water partition coefficient (Wildman–Crippen LogP) is 2.52. The van der Waals surface area contributed by atoms with Gasteiger partial charge in [-0.2, -0.15) is 8.75 Å². The van der Waals surface area contributed by atoms with Crippen molar-refractivity contribution in [3.05, 3.63) is 36.4 Å². The quantitative estimate of drug-likeness (QED) is 0.643. The van der Waals surface area contributed by atoms with Crippen LogP contribution in [-0.4, -0.2) is 8.75 Å². The zero-order valence-electron chi connectivity index (χ0n) is 8.92. The van der Waals surface area contributed by atoms with Crippen molar-refractivity contribution >= 4 is 34.1 Å². The van der Waals surface area contributed by atoms with E-state index in [2.05, 4.69) is 8.75 Å². The first kappa shape index (κ1) is 10.0. The highest BCUT2D eigenvalue weighted by Gasteiger charge is 2.04. The molecule has 5 heteroatoms. The van der Waals surface area contributed by atoms with Gasteiger partial charge in [-0.3, -0.25) is 0 Å². The van der Waals surface area contributed by atoms with Gasteiger partial charge in [0.05, 0.1) is 23.1 Å². The fourth-order valence-corrected chi connectivity index (χ4v) is 2.23. The number of nitrogen functional groups attached to an aromatic ring is 2. The van der Waals surface area contributed by atoms with Crippen molar-refractivity contribution in [2.24, 2.45) is 0 Å². The van der Waals surface area contributed by atoms with E-state index in [0.717, 1.165) is 22.2 Å². The van der Waals surface area contributed by atoms with Crippen LogP contribution in [0.2, 0.25) is 0 Å². The molecule has 0 fully saturated rings. The minimum atomic E-state index is 0.596. The Morgan fingerprint density at radius 2 is 1.47 bits per heavy atom. The van der Waals surface area contributed by atoms with E-state index < -0.39 is 0 Å². The zero-order chi connectivity index (χ0) is 11.8. The van der Waals surface area contributed by atoms with Gasteiger partial charge in [0, 0.05) is 0 Å². The van der Waals surface area contributed by atoms with E-state index >= 15 is 0 Å². The topological polar surface area (TPSA) is 77.8 Å². The number of anilines is 2. The second-order valence-electron chi connectivity index (χ2n) is 3.81. The summed E-state index contributed by atoms with van der Waals surface area (Å²) in [4.78, 5) is 0. The number of benzene rings is 2. The number of aromatic nitrogens is 2. The predicted molar refractivity (Wildman–Crippen MR) is 71.7 cm³/mol. The summed E-state index contributed by atoms with van der Waals surface area (Å²) in [7, 11) is 0. The SMILES string of the molecule is Nc1ccc(-c2ccc3nsnc3c2)cc1N. The molecule has 0 aliphatic heterocycles. The van der Waals surface area contributed by atoms with Crippen molar-refractivity contribution in [3.63, 3.8) is 0 Å². The highest BCUT2D eigenvalue weighted by atomic mass is 32.1. The molecular formula is C12H10N4S. The maximum absolute atomic E-state index is 5.80. The molecule has 84 valence electrons. The van der Waals surface area contributed by atoms with Gasteiger partial charge in [0.15, 0.2) is 0 Å². The zero-order valence-corrected chi connectivity index (χ0v) is 9.74. The Labute approximate surface area is 102 Å². The molecule has 3 aromatic rings. The third kappa shape index (κ3) is 1.70. The van der Waals surface area contributed by atoms with Crippen molar-refractivity contribution in [3.8, 4) is 11.1 Å². The Kier molecular flexibility index (Phi) is 2.19. The Morgan fingerprint density at radius 1 is 0.765 bits per heavy atom. The third-order valence-corrected chi connectivity index (χ3v) is 3.23. The van der Waals surface area contributed by atoms with Crippen LogP contribution in [0, 0.1) is 0 Å². The number of hydrogen-bond acceptors (Lipinski definition) is 5. The van der Waals surface area contributed by atoms with Gasteiger partial charge in [0.1, 0.15) is 11.0 Å². The molecule has 0 saturated heterocycles. The molecule has 0 unspecified atom stereocenters. The van der Waals surface area contributed by atoms with E-state index in [9.17, 15) is 0 Å². The van der Waals surface area contributed by atoms with Crippen LogP contribution >= 0.6 is 11.7 Å². The van der Waals surface area contributed by atoms with E-state index in [1.807, 2.05) is 36.4 Å². The lowest BCUT2D eigenvalue weighted by molar-refractivity contribution is 1.59. The van der Waals surface area contributed by atoms with Gasteiger partial charge in [-0.15, -0.1) is 0 Å². The fraction of sp³-hybridized carbons (Fsp3) is 0. The van der Waals surface area contributed by atoms with Crippen molar-refractivity contribution < 1.29 is 0 Å². The average Bonchev–Trinajstić information content (AvgIpc) is 2.79. The van der Waals surface area contributed by atoms with Crippen molar-refractivity contribution in [2.75, 3.05) is 11.5 Å². The standard InChI is InChI=1S/C12H10N4S/c13-9-3-1-7(5-10(9)14)8-2-4-11-12(6-8)16-17-15-11/h1-6H,13-14H2. The molecule has 0 radical (unpaired) electrons. The molecule has 0 aliphatic carbocycles. The van der Waals surface area contributed by atoms with Gasteiger partial charge in [-0.05, 0) is 35.4 Å². The van der Waals surface area contributed by atoms with Gasteiger partial charge in [0.25, 0.3) is 0 Å². The number of fused-ring (bicyclic) bond motifs is 1. The molecule has 4 nitrogen and oxygen atoms in total.